The van der Waals surface area contributed by atoms with Crippen LogP contribution in [0.25, 0.3) is 0 Å². The Hall–Kier alpha value is -2.05. The van der Waals surface area contributed by atoms with Crippen LogP contribution in [0.15, 0.2) is 48.6 Å². The summed E-state index contributed by atoms with van der Waals surface area (Å²) < 4.78 is 22.8. The zero-order chi connectivity index (χ0) is 56.7. The van der Waals surface area contributed by atoms with Gasteiger partial charge in [-0.05, 0) is 70.6 Å². The first-order valence-electron chi connectivity index (χ1n) is 31.9. The van der Waals surface area contributed by atoms with Gasteiger partial charge >= 0.3 is 0 Å². The van der Waals surface area contributed by atoms with Crippen LogP contribution in [0.1, 0.15) is 258 Å². The van der Waals surface area contributed by atoms with Crippen molar-refractivity contribution in [1.29, 1.82) is 0 Å². The minimum atomic E-state index is -1.79. The van der Waals surface area contributed by atoms with E-state index >= 15 is 0 Å². The first kappa shape index (κ1) is 72.1. The fraction of sp³-hybridized carbons (Fsp3) is 0.859. The van der Waals surface area contributed by atoms with Crippen LogP contribution in [0.3, 0.4) is 0 Å². The fourth-order valence-corrected chi connectivity index (χ4v) is 10.3. The normalized spacial score (nSPS) is 24.8. The molecule has 2 aliphatic rings. The molecule has 0 aromatic heterocycles. The lowest BCUT2D eigenvalue weighted by molar-refractivity contribution is -0.359. The highest BCUT2D eigenvalue weighted by molar-refractivity contribution is 5.76. The van der Waals surface area contributed by atoms with Crippen LogP contribution in [0, 0.1) is 0 Å². The van der Waals surface area contributed by atoms with E-state index in [9.17, 15) is 45.6 Å². The number of allylic oxidation sites excluding steroid dienone is 7. The molecular formula is C64H117NO13. The summed E-state index contributed by atoms with van der Waals surface area (Å²) in [4.78, 5) is 13.2. The molecule has 78 heavy (non-hydrogen) atoms. The van der Waals surface area contributed by atoms with E-state index in [1.807, 2.05) is 6.08 Å². The summed E-state index contributed by atoms with van der Waals surface area (Å²) in [6.45, 7) is 2.78. The maximum absolute atomic E-state index is 13.2. The smallest absolute Gasteiger partial charge is 0.220 e. The lowest BCUT2D eigenvalue weighted by Crippen LogP contribution is -2.65. The van der Waals surface area contributed by atoms with E-state index < -0.39 is 86.8 Å². The van der Waals surface area contributed by atoms with Gasteiger partial charge in [0.05, 0.1) is 32.0 Å². The molecule has 14 nitrogen and oxygen atoms in total. The molecule has 0 saturated carbocycles. The molecule has 2 aliphatic heterocycles. The maximum Gasteiger partial charge on any atom is 0.220 e. The molecule has 14 heteroatoms. The minimum Gasteiger partial charge on any atom is -0.394 e. The predicted octanol–water partition coefficient (Wildman–Crippen LogP) is 11.6. The molecular weight excluding hydrogens is 991 g/mol. The topological polar surface area (TPSA) is 228 Å². The molecule has 0 aromatic carbocycles. The number of hydrogen-bond donors (Lipinski definition) is 9. The Balaban J connectivity index is 1.75. The first-order valence-corrected chi connectivity index (χ1v) is 31.9. The number of nitrogens with one attached hydrogen (secondary N) is 1. The minimum absolute atomic E-state index is 0.260. The average molecular weight is 1110 g/mol. The second kappa shape index (κ2) is 49.5. The van der Waals surface area contributed by atoms with Crippen molar-refractivity contribution >= 4 is 5.91 Å². The van der Waals surface area contributed by atoms with Crippen molar-refractivity contribution in [3.8, 4) is 0 Å². The Morgan fingerprint density at radius 1 is 0.449 bits per heavy atom. The average Bonchev–Trinajstić information content (AvgIpc) is 3.48. The van der Waals surface area contributed by atoms with E-state index in [-0.39, 0.29) is 18.9 Å². The standard InChI is InChI=1S/C64H117NO13/c1-3-5-7-9-11-13-15-17-19-21-22-23-24-25-26-27-28-29-30-31-32-33-35-37-39-41-43-45-47-53(68)52(65-56(69)48-46-44-42-40-38-36-34-20-18-16-14-12-10-8-6-4-2)51-75-63-61(74)59(72)62(55(50-67)77-63)78-64-60(73)58(71)57(70)54(49-66)76-64/h20,31-32,34,37,39,45,47,52-55,57-64,66-68,70-74H,3-19,21-30,33,35-36,38,40-44,46,48-51H2,1-2H3,(H,65,69)/b32-31+,34-20-,39-37+,47-45+. The molecule has 0 spiro atoms. The van der Waals surface area contributed by atoms with E-state index in [0.29, 0.717) is 12.8 Å². The van der Waals surface area contributed by atoms with Crippen LogP contribution in [0.2, 0.25) is 0 Å². The lowest BCUT2D eigenvalue weighted by atomic mass is 9.97. The Morgan fingerprint density at radius 3 is 1.26 bits per heavy atom. The van der Waals surface area contributed by atoms with Crippen molar-refractivity contribution in [3.05, 3.63) is 48.6 Å². The summed E-state index contributed by atoms with van der Waals surface area (Å²) >= 11 is 0. The van der Waals surface area contributed by atoms with Gasteiger partial charge in [-0.25, -0.2) is 0 Å². The SMILES string of the molecule is CCCCCCCCC/C=C\CCCCCCCC(=O)NC(COC1OC(CO)C(OC2OC(CO)C(O)C(O)C2O)C(O)C1O)C(O)/C=C/CC/C=C/CC/C=C/CCCCCCCCCCCCCCCCCCCC. The molecule has 12 atom stereocenters. The van der Waals surface area contributed by atoms with Gasteiger partial charge in [-0.3, -0.25) is 4.79 Å². The summed E-state index contributed by atoms with van der Waals surface area (Å²) in [5.74, 6) is -0.261. The Kier molecular flexibility index (Phi) is 45.8. The molecule has 2 heterocycles. The quantitative estimate of drug-likeness (QED) is 0.0204. The molecule has 12 unspecified atom stereocenters. The van der Waals surface area contributed by atoms with Gasteiger partial charge in [-0.2, -0.15) is 0 Å². The van der Waals surface area contributed by atoms with Crippen LogP contribution in [0.5, 0.6) is 0 Å². The Bertz CT molecular complexity index is 1490. The third-order valence-electron chi connectivity index (χ3n) is 15.5. The number of carbonyl (C=O) groups excluding carboxylic acids is 1. The maximum atomic E-state index is 13.2. The molecule has 1 amide bonds. The van der Waals surface area contributed by atoms with Gasteiger partial charge in [-0.15, -0.1) is 0 Å². The number of hydrogen-bond acceptors (Lipinski definition) is 13. The second-order valence-corrected chi connectivity index (χ2v) is 22.5. The van der Waals surface area contributed by atoms with Gasteiger partial charge in [0.25, 0.3) is 0 Å². The summed E-state index contributed by atoms with van der Waals surface area (Å²) in [5, 5.41) is 87.1. The Labute approximate surface area is 473 Å². The van der Waals surface area contributed by atoms with E-state index in [1.165, 1.54) is 161 Å². The number of ether oxygens (including phenoxy) is 4. The van der Waals surface area contributed by atoms with E-state index in [2.05, 4.69) is 55.6 Å². The molecule has 0 aliphatic carbocycles. The third-order valence-corrected chi connectivity index (χ3v) is 15.5. The first-order chi connectivity index (χ1) is 38.1. The van der Waals surface area contributed by atoms with Crippen LogP contribution in [-0.4, -0.2) is 140 Å². The largest absolute Gasteiger partial charge is 0.394 e. The molecule has 9 N–H and O–H groups in total. The number of rotatable bonds is 51. The monoisotopic (exact) mass is 1110 g/mol. The fourth-order valence-electron chi connectivity index (χ4n) is 10.3. The predicted molar refractivity (Wildman–Crippen MR) is 314 cm³/mol. The van der Waals surface area contributed by atoms with Crippen LogP contribution < -0.4 is 5.32 Å². The molecule has 0 bridgehead atoms. The highest BCUT2D eigenvalue weighted by Crippen LogP contribution is 2.30. The summed E-state index contributed by atoms with van der Waals surface area (Å²) in [7, 11) is 0. The zero-order valence-corrected chi connectivity index (χ0v) is 49.2. The number of amides is 1. The van der Waals surface area contributed by atoms with Gasteiger partial charge in [0.1, 0.15) is 48.8 Å². The third kappa shape index (κ3) is 34.4. The summed E-state index contributed by atoms with van der Waals surface area (Å²) in [5.41, 5.74) is 0. The lowest BCUT2D eigenvalue weighted by Gasteiger charge is -2.46. The zero-order valence-electron chi connectivity index (χ0n) is 49.2. The van der Waals surface area contributed by atoms with Gasteiger partial charge < -0.3 is 65.1 Å². The van der Waals surface area contributed by atoms with Crippen molar-refractivity contribution in [2.75, 3.05) is 19.8 Å². The molecule has 0 radical (unpaired) electrons. The molecule has 2 fully saturated rings. The van der Waals surface area contributed by atoms with Crippen molar-refractivity contribution in [1.82, 2.24) is 5.32 Å². The van der Waals surface area contributed by atoms with Gasteiger partial charge in [0, 0.05) is 6.42 Å². The van der Waals surface area contributed by atoms with E-state index in [0.717, 1.165) is 64.2 Å². The van der Waals surface area contributed by atoms with E-state index in [1.54, 1.807) is 6.08 Å². The van der Waals surface area contributed by atoms with Crippen LogP contribution >= 0.6 is 0 Å². The summed E-state index contributed by atoms with van der Waals surface area (Å²) in [6, 6.07) is -0.943. The van der Waals surface area contributed by atoms with Gasteiger partial charge in [0.15, 0.2) is 12.6 Å². The number of aliphatic hydroxyl groups is 8. The number of unbranched alkanes of at least 4 members (excludes halogenated alkanes) is 32. The van der Waals surface area contributed by atoms with Crippen molar-refractivity contribution < 1.29 is 64.6 Å². The van der Waals surface area contributed by atoms with Crippen molar-refractivity contribution in [2.24, 2.45) is 0 Å². The molecule has 0 aromatic rings. The number of carbonyl (C=O) groups is 1. The van der Waals surface area contributed by atoms with E-state index in [4.69, 9.17) is 18.9 Å². The number of aliphatic hydroxyl groups excluding tert-OH is 8. The summed E-state index contributed by atoms with van der Waals surface area (Å²) in [6.07, 6.45) is 46.0. The Morgan fingerprint density at radius 2 is 0.821 bits per heavy atom. The van der Waals surface area contributed by atoms with Crippen molar-refractivity contribution in [3.63, 3.8) is 0 Å². The highest BCUT2D eigenvalue weighted by Gasteiger charge is 2.51. The van der Waals surface area contributed by atoms with Gasteiger partial charge in [0.2, 0.25) is 5.91 Å². The van der Waals surface area contributed by atoms with Gasteiger partial charge in [-0.1, -0.05) is 229 Å². The molecule has 2 rings (SSSR count). The molecule has 2 saturated heterocycles. The second-order valence-electron chi connectivity index (χ2n) is 22.5. The van der Waals surface area contributed by atoms with Crippen molar-refractivity contribution in [2.45, 2.75) is 331 Å². The molecule has 456 valence electrons. The van der Waals surface area contributed by atoms with Crippen LogP contribution in [-0.2, 0) is 23.7 Å². The highest BCUT2D eigenvalue weighted by atomic mass is 16.7. The van der Waals surface area contributed by atoms with Crippen LogP contribution in [0.4, 0.5) is 0 Å².